The Morgan fingerprint density at radius 1 is 0.833 bits per heavy atom. The van der Waals surface area contributed by atoms with Crippen LogP contribution in [0, 0.1) is 0 Å². The first kappa shape index (κ1) is 16.1. The maximum Gasteiger partial charge on any atom is 0.115 e. The van der Waals surface area contributed by atoms with Crippen LogP contribution in [-0.2, 0) is 0 Å². The number of allylic oxidation sites excluding steroid dienone is 4. The summed E-state index contributed by atoms with van der Waals surface area (Å²) in [6, 6.07) is 14.1. The lowest BCUT2D eigenvalue weighted by Crippen LogP contribution is -1.99. The quantitative estimate of drug-likeness (QED) is 0.775. The van der Waals surface area contributed by atoms with Crippen molar-refractivity contribution < 1.29 is 15.3 Å². The van der Waals surface area contributed by atoms with Crippen molar-refractivity contribution in [3.05, 3.63) is 89.0 Å². The number of benzene rings is 2. The molecule has 24 heavy (non-hydrogen) atoms. The van der Waals surface area contributed by atoms with Gasteiger partial charge in [0.15, 0.2) is 0 Å². The van der Waals surface area contributed by atoms with Gasteiger partial charge in [-0.05, 0) is 65.0 Å². The second-order valence-electron chi connectivity index (χ2n) is 5.72. The van der Waals surface area contributed by atoms with Crippen LogP contribution in [0.5, 0.6) is 11.5 Å². The first-order chi connectivity index (χ1) is 11.7. The van der Waals surface area contributed by atoms with Crippen molar-refractivity contribution in [2.45, 2.75) is 12.8 Å². The molecule has 0 unspecified atom stereocenters. The Balaban J connectivity index is 2.22. The van der Waals surface area contributed by atoms with Crippen LogP contribution in [0.15, 0.2) is 77.9 Å². The zero-order valence-electron chi connectivity index (χ0n) is 13.3. The fraction of sp³-hybridized carbons (Fsp3) is 0.143. The third kappa shape index (κ3) is 3.42. The van der Waals surface area contributed by atoms with Gasteiger partial charge in [0.25, 0.3) is 0 Å². The van der Waals surface area contributed by atoms with Crippen LogP contribution in [0.4, 0.5) is 0 Å². The van der Waals surface area contributed by atoms with Crippen molar-refractivity contribution in [3.63, 3.8) is 0 Å². The standard InChI is InChI=1S/C21H20O3/c22-14-13-20(15-3-1-2-4-15)21(16-5-9-18(23)10-6-16)17-7-11-19(24)12-8-17/h1,3-12,22-24H,2,13-14H2. The van der Waals surface area contributed by atoms with E-state index in [1.165, 1.54) is 0 Å². The van der Waals surface area contributed by atoms with Crippen molar-refractivity contribution in [2.75, 3.05) is 6.61 Å². The van der Waals surface area contributed by atoms with Gasteiger partial charge in [-0.1, -0.05) is 42.5 Å². The van der Waals surface area contributed by atoms with Crippen molar-refractivity contribution in [3.8, 4) is 11.5 Å². The van der Waals surface area contributed by atoms with Gasteiger partial charge >= 0.3 is 0 Å². The molecule has 0 fully saturated rings. The average molecular weight is 320 g/mol. The van der Waals surface area contributed by atoms with Gasteiger partial charge < -0.3 is 15.3 Å². The lowest BCUT2D eigenvalue weighted by atomic mass is 9.88. The summed E-state index contributed by atoms with van der Waals surface area (Å²) in [4.78, 5) is 0. The predicted octanol–water partition coefficient (Wildman–Crippen LogP) is 4.17. The lowest BCUT2D eigenvalue weighted by molar-refractivity contribution is 0.300. The topological polar surface area (TPSA) is 60.7 Å². The normalized spacial score (nSPS) is 13.0. The second-order valence-corrected chi connectivity index (χ2v) is 5.72. The minimum absolute atomic E-state index is 0.0557. The van der Waals surface area contributed by atoms with Gasteiger partial charge in [0.1, 0.15) is 11.5 Å². The van der Waals surface area contributed by atoms with Crippen LogP contribution in [0.25, 0.3) is 5.57 Å². The summed E-state index contributed by atoms with van der Waals surface area (Å²) in [5, 5.41) is 28.7. The van der Waals surface area contributed by atoms with E-state index in [0.717, 1.165) is 34.3 Å². The van der Waals surface area contributed by atoms with Gasteiger partial charge in [-0.25, -0.2) is 0 Å². The SMILES string of the molecule is OCCC(C1=CCC=C1)=C(c1ccc(O)cc1)c1ccc(O)cc1. The molecule has 2 aromatic carbocycles. The maximum absolute atomic E-state index is 9.59. The van der Waals surface area contributed by atoms with E-state index in [1.54, 1.807) is 24.3 Å². The summed E-state index contributed by atoms with van der Waals surface area (Å²) in [6.07, 6.45) is 7.74. The van der Waals surface area contributed by atoms with Crippen LogP contribution in [0.3, 0.4) is 0 Å². The molecule has 0 bridgehead atoms. The number of hydrogen-bond acceptors (Lipinski definition) is 3. The molecule has 0 heterocycles. The zero-order chi connectivity index (χ0) is 16.9. The molecule has 0 saturated carbocycles. The fourth-order valence-corrected chi connectivity index (χ4v) is 2.98. The zero-order valence-corrected chi connectivity index (χ0v) is 13.3. The van der Waals surface area contributed by atoms with E-state index in [4.69, 9.17) is 0 Å². The number of rotatable bonds is 5. The first-order valence-electron chi connectivity index (χ1n) is 7.99. The number of hydrogen-bond donors (Lipinski definition) is 3. The van der Waals surface area contributed by atoms with E-state index >= 15 is 0 Å². The molecule has 3 heteroatoms. The minimum atomic E-state index is 0.0557. The van der Waals surface area contributed by atoms with Crippen LogP contribution in [0.1, 0.15) is 24.0 Å². The predicted molar refractivity (Wildman–Crippen MR) is 95.8 cm³/mol. The van der Waals surface area contributed by atoms with Crippen molar-refractivity contribution >= 4 is 5.57 Å². The molecule has 0 radical (unpaired) electrons. The van der Waals surface area contributed by atoms with Gasteiger partial charge in [-0.3, -0.25) is 0 Å². The number of aliphatic hydroxyl groups is 1. The molecule has 0 saturated heterocycles. The van der Waals surface area contributed by atoms with Gasteiger partial charge in [-0.15, -0.1) is 0 Å². The van der Waals surface area contributed by atoms with Crippen molar-refractivity contribution in [2.24, 2.45) is 0 Å². The minimum Gasteiger partial charge on any atom is -0.508 e. The summed E-state index contributed by atoms with van der Waals surface area (Å²) < 4.78 is 0. The van der Waals surface area contributed by atoms with E-state index in [0.29, 0.717) is 6.42 Å². The number of phenolic OH excluding ortho intramolecular Hbond substituents is 2. The molecule has 0 spiro atoms. The third-order valence-electron chi connectivity index (χ3n) is 4.10. The Hall–Kier alpha value is -2.78. The summed E-state index contributed by atoms with van der Waals surface area (Å²) in [5.41, 5.74) is 5.09. The highest BCUT2D eigenvalue weighted by Crippen LogP contribution is 2.35. The second kappa shape index (κ2) is 7.20. The van der Waals surface area contributed by atoms with Gasteiger partial charge in [-0.2, -0.15) is 0 Å². The summed E-state index contributed by atoms with van der Waals surface area (Å²) in [7, 11) is 0. The van der Waals surface area contributed by atoms with Gasteiger partial charge in [0.05, 0.1) is 0 Å². The van der Waals surface area contributed by atoms with E-state index in [1.807, 2.05) is 24.3 Å². The fourth-order valence-electron chi connectivity index (χ4n) is 2.98. The maximum atomic E-state index is 9.59. The highest BCUT2D eigenvalue weighted by atomic mass is 16.3. The summed E-state index contributed by atoms with van der Waals surface area (Å²) in [6.45, 7) is 0.0557. The number of phenols is 2. The number of aliphatic hydroxyl groups excluding tert-OH is 1. The Labute approximate surface area is 141 Å². The molecule has 2 aromatic rings. The molecule has 3 rings (SSSR count). The highest BCUT2D eigenvalue weighted by Gasteiger charge is 2.15. The lowest BCUT2D eigenvalue weighted by Gasteiger charge is -2.17. The largest absolute Gasteiger partial charge is 0.508 e. The summed E-state index contributed by atoms with van der Waals surface area (Å²) in [5.74, 6) is 0.431. The van der Waals surface area contributed by atoms with E-state index in [-0.39, 0.29) is 18.1 Å². The van der Waals surface area contributed by atoms with Gasteiger partial charge in [0.2, 0.25) is 0 Å². The van der Waals surface area contributed by atoms with Crippen molar-refractivity contribution in [1.29, 1.82) is 0 Å². The molecule has 3 N–H and O–H groups in total. The van der Waals surface area contributed by atoms with E-state index < -0.39 is 0 Å². The van der Waals surface area contributed by atoms with Crippen LogP contribution in [0.2, 0.25) is 0 Å². The molecular formula is C21H20O3. The van der Waals surface area contributed by atoms with Gasteiger partial charge in [0, 0.05) is 6.61 Å². The van der Waals surface area contributed by atoms with Crippen LogP contribution in [-0.4, -0.2) is 21.9 Å². The Bertz CT molecular complexity index is 746. The van der Waals surface area contributed by atoms with E-state index in [2.05, 4.69) is 18.2 Å². The summed E-state index contributed by atoms with van der Waals surface area (Å²) >= 11 is 0. The first-order valence-corrected chi connectivity index (χ1v) is 7.99. The molecule has 1 aliphatic carbocycles. The third-order valence-corrected chi connectivity index (χ3v) is 4.10. The molecule has 0 aliphatic heterocycles. The molecular weight excluding hydrogens is 300 g/mol. The van der Waals surface area contributed by atoms with Crippen molar-refractivity contribution in [1.82, 2.24) is 0 Å². The molecule has 0 amide bonds. The van der Waals surface area contributed by atoms with E-state index in [9.17, 15) is 15.3 Å². The Morgan fingerprint density at radius 3 is 1.79 bits per heavy atom. The average Bonchev–Trinajstić information content (AvgIpc) is 3.12. The highest BCUT2D eigenvalue weighted by molar-refractivity contribution is 5.85. The molecule has 0 atom stereocenters. The molecule has 122 valence electrons. The van der Waals surface area contributed by atoms with Crippen LogP contribution >= 0.6 is 0 Å². The molecule has 0 aromatic heterocycles. The smallest absolute Gasteiger partial charge is 0.115 e. The Kier molecular flexibility index (Phi) is 4.82. The number of aromatic hydroxyl groups is 2. The molecule has 1 aliphatic rings. The van der Waals surface area contributed by atoms with Crippen LogP contribution < -0.4 is 0 Å². The molecule has 3 nitrogen and oxygen atoms in total. The monoisotopic (exact) mass is 320 g/mol. The Morgan fingerprint density at radius 2 is 1.38 bits per heavy atom.